The highest BCUT2D eigenvalue weighted by molar-refractivity contribution is 7.92. The molecular weight excluding hydrogens is 308 g/mol. The third-order valence-corrected chi connectivity index (χ3v) is 5.09. The maximum atomic E-state index is 12.4. The largest absolute Gasteiger partial charge is 0.389 e. The number of aromatic amines is 1. The van der Waals surface area contributed by atoms with Gasteiger partial charge in [0, 0.05) is 0 Å². The number of aromatic nitrogens is 2. The Hall–Kier alpha value is -1.93. The van der Waals surface area contributed by atoms with Crippen molar-refractivity contribution in [3.05, 3.63) is 41.1 Å². The first-order chi connectivity index (χ1) is 9.97. The van der Waals surface area contributed by atoms with Crippen LogP contribution in [0.4, 0.5) is 5.82 Å². The number of thiocarbonyl (C=S) groups is 1. The topological polar surface area (TPSA) is 101 Å². The van der Waals surface area contributed by atoms with Crippen LogP contribution in [0, 0.1) is 0 Å². The number of nitrogens with zero attached hydrogens (tertiary/aromatic N) is 1. The molecule has 0 saturated heterocycles. The molecule has 0 unspecified atom stereocenters. The number of fused-ring (bicyclic) bond motifs is 1. The monoisotopic (exact) mass is 322 g/mol. The summed E-state index contributed by atoms with van der Waals surface area (Å²) in [4.78, 5) is 0.307. The van der Waals surface area contributed by atoms with Crippen molar-refractivity contribution in [1.82, 2.24) is 10.2 Å². The van der Waals surface area contributed by atoms with Crippen molar-refractivity contribution < 1.29 is 8.42 Å². The van der Waals surface area contributed by atoms with E-state index in [4.69, 9.17) is 18.0 Å². The molecule has 8 heteroatoms. The van der Waals surface area contributed by atoms with E-state index in [0.717, 1.165) is 24.8 Å². The first-order valence-electron chi connectivity index (χ1n) is 6.45. The fourth-order valence-electron chi connectivity index (χ4n) is 2.46. The average Bonchev–Trinajstić information content (AvgIpc) is 3.05. The Balaban J connectivity index is 1.94. The van der Waals surface area contributed by atoms with Crippen LogP contribution < -0.4 is 10.5 Å². The van der Waals surface area contributed by atoms with Crippen LogP contribution in [0.3, 0.4) is 0 Å². The maximum absolute atomic E-state index is 12.4. The Kier molecular flexibility index (Phi) is 3.42. The van der Waals surface area contributed by atoms with Gasteiger partial charge < -0.3 is 5.73 Å². The Bertz CT molecular complexity index is 811. The molecule has 1 aromatic carbocycles. The van der Waals surface area contributed by atoms with Gasteiger partial charge in [0.2, 0.25) is 0 Å². The summed E-state index contributed by atoms with van der Waals surface area (Å²) in [6, 6.07) is 5.21. The molecule has 2 aromatic rings. The number of aryl methyl sites for hydroxylation is 2. The highest BCUT2D eigenvalue weighted by Gasteiger charge is 2.20. The third kappa shape index (κ3) is 2.64. The Labute approximate surface area is 127 Å². The second-order valence-corrected chi connectivity index (χ2v) is 7.03. The molecule has 1 aliphatic carbocycles. The highest BCUT2D eigenvalue weighted by Crippen LogP contribution is 2.26. The van der Waals surface area contributed by atoms with Crippen LogP contribution in [0.15, 0.2) is 29.3 Å². The molecule has 4 N–H and O–H groups in total. The van der Waals surface area contributed by atoms with Crippen LogP contribution in [0.5, 0.6) is 0 Å². The van der Waals surface area contributed by atoms with E-state index in [1.165, 1.54) is 11.8 Å². The number of rotatable bonds is 4. The van der Waals surface area contributed by atoms with E-state index in [1.807, 2.05) is 6.07 Å². The Morgan fingerprint density at radius 2 is 2.10 bits per heavy atom. The highest BCUT2D eigenvalue weighted by atomic mass is 32.2. The first kappa shape index (κ1) is 14.0. The summed E-state index contributed by atoms with van der Waals surface area (Å²) in [5, 5.41) is 6.32. The molecule has 0 atom stereocenters. The van der Waals surface area contributed by atoms with Crippen LogP contribution in [0.25, 0.3) is 0 Å². The number of benzene rings is 1. The summed E-state index contributed by atoms with van der Waals surface area (Å²) in [6.07, 6.45) is 4.39. The number of H-pyrrole nitrogens is 1. The minimum atomic E-state index is -3.70. The standard InChI is InChI=1S/C13H14N4O2S2/c14-12(20)11-7-15-16-13(11)17-21(18,19)10-5-4-8-2-1-3-9(8)6-10/h4-7H,1-3H2,(H2,14,20)(H2,15,16,17). The van der Waals surface area contributed by atoms with E-state index in [9.17, 15) is 8.42 Å². The molecule has 6 nitrogen and oxygen atoms in total. The van der Waals surface area contributed by atoms with Gasteiger partial charge in [-0.15, -0.1) is 0 Å². The Morgan fingerprint density at radius 3 is 2.86 bits per heavy atom. The van der Waals surface area contributed by atoms with Crippen LogP contribution in [0.1, 0.15) is 23.1 Å². The van der Waals surface area contributed by atoms with Crippen LogP contribution in [0.2, 0.25) is 0 Å². The zero-order chi connectivity index (χ0) is 15.0. The number of hydrogen-bond acceptors (Lipinski definition) is 4. The average molecular weight is 322 g/mol. The lowest BCUT2D eigenvalue weighted by molar-refractivity contribution is 0.601. The maximum Gasteiger partial charge on any atom is 0.263 e. The van der Waals surface area contributed by atoms with Crippen molar-refractivity contribution in [1.29, 1.82) is 0 Å². The fraction of sp³-hybridized carbons (Fsp3) is 0.231. The molecule has 0 fully saturated rings. The quantitative estimate of drug-likeness (QED) is 0.737. The van der Waals surface area contributed by atoms with Gasteiger partial charge in [-0.25, -0.2) is 8.42 Å². The predicted molar refractivity (Wildman–Crippen MR) is 83.8 cm³/mol. The molecule has 1 aromatic heterocycles. The molecule has 0 radical (unpaired) electrons. The van der Waals surface area contributed by atoms with E-state index in [1.54, 1.807) is 12.1 Å². The smallest absolute Gasteiger partial charge is 0.263 e. The lowest BCUT2D eigenvalue weighted by Gasteiger charge is -2.09. The summed E-state index contributed by atoms with van der Waals surface area (Å²) in [7, 11) is -3.70. The number of nitrogens with two attached hydrogens (primary N) is 1. The summed E-state index contributed by atoms with van der Waals surface area (Å²) in [5.74, 6) is 0.183. The van der Waals surface area contributed by atoms with Crippen molar-refractivity contribution in [2.45, 2.75) is 24.2 Å². The van der Waals surface area contributed by atoms with E-state index in [2.05, 4.69) is 14.9 Å². The van der Waals surface area contributed by atoms with Gasteiger partial charge in [0.1, 0.15) is 10.8 Å². The molecule has 110 valence electrons. The molecular formula is C13H14N4O2S2. The normalized spacial score (nSPS) is 13.9. The van der Waals surface area contributed by atoms with Crippen LogP contribution >= 0.6 is 12.2 Å². The van der Waals surface area contributed by atoms with Crippen molar-refractivity contribution in [2.24, 2.45) is 5.73 Å². The molecule has 0 amide bonds. The first-order valence-corrected chi connectivity index (χ1v) is 8.34. The van der Waals surface area contributed by atoms with Gasteiger partial charge in [0.25, 0.3) is 10.0 Å². The molecule has 0 saturated carbocycles. The number of nitrogens with one attached hydrogen (secondary N) is 2. The van der Waals surface area contributed by atoms with Crippen LogP contribution in [-0.4, -0.2) is 23.6 Å². The lowest BCUT2D eigenvalue weighted by Crippen LogP contribution is -2.17. The van der Waals surface area contributed by atoms with Crippen LogP contribution in [-0.2, 0) is 22.9 Å². The van der Waals surface area contributed by atoms with E-state index < -0.39 is 10.0 Å². The zero-order valence-corrected chi connectivity index (χ0v) is 12.7. The van der Waals surface area contributed by atoms with Gasteiger partial charge in [-0.2, -0.15) is 5.10 Å². The number of hydrogen-bond donors (Lipinski definition) is 3. The molecule has 1 aliphatic rings. The molecule has 3 rings (SSSR count). The van der Waals surface area contributed by atoms with Crippen molar-refractivity contribution in [2.75, 3.05) is 4.72 Å². The Morgan fingerprint density at radius 1 is 1.33 bits per heavy atom. The summed E-state index contributed by atoms with van der Waals surface area (Å²) >= 11 is 4.86. The SMILES string of the molecule is NC(=S)c1cn[nH]c1NS(=O)(=O)c1ccc2c(c1)CCC2. The minimum absolute atomic E-state index is 0.0791. The third-order valence-electron chi connectivity index (χ3n) is 3.52. The van der Waals surface area contributed by atoms with Gasteiger partial charge in [0.15, 0.2) is 0 Å². The second-order valence-electron chi connectivity index (χ2n) is 4.91. The fourth-order valence-corrected chi connectivity index (χ4v) is 3.70. The van der Waals surface area contributed by atoms with Crippen molar-refractivity contribution in [3.63, 3.8) is 0 Å². The van der Waals surface area contributed by atoms with Gasteiger partial charge >= 0.3 is 0 Å². The lowest BCUT2D eigenvalue weighted by atomic mass is 10.1. The molecule has 0 bridgehead atoms. The summed E-state index contributed by atoms with van der Waals surface area (Å²) in [6.45, 7) is 0. The zero-order valence-electron chi connectivity index (χ0n) is 11.1. The molecule has 1 heterocycles. The predicted octanol–water partition coefficient (Wildman–Crippen LogP) is 1.33. The minimum Gasteiger partial charge on any atom is -0.389 e. The van der Waals surface area contributed by atoms with Crippen molar-refractivity contribution in [3.8, 4) is 0 Å². The molecule has 21 heavy (non-hydrogen) atoms. The number of sulfonamides is 1. The number of anilines is 1. The van der Waals surface area contributed by atoms with E-state index in [-0.39, 0.29) is 15.7 Å². The molecule has 0 aliphatic heterocycles. The van der Waals surface area contributed by atoms with Gasteiger partial charge in [0.05, 0.1) is 16.7 Å². The van der Waals surface area contributed by atoms with Gasteiger partial charge in [-0.3, -0.25) is 9.82 Å². The van der Waals surface area contributed by atoms with E-state index in [0.29, 0.717) is 5.56 Å². The second kappa shape index (κ2) is 5.12. The van der Waals surface area contributed by atoms with Gasteiger partial charge in [-0.05, 0) is 42.5 Å². The summed E-state index contributed by atoms with van der Waals surface area (Å²) in [5.41, 5.74) is 8.21. The van der Waals surface area contributed by atoms with Crippen molar-refractivity contribution >= 4 is 33.0 Å². The van der Waals surface area contributed by atoms with Gasteiger partial charge in [-0.1, -0.05) is 18.3 Å². The summed E-state index contributed by atoms with van der Waals surface area (Å²) < 4.78 is 27.3. The molecule has 0 spiro atoms. The van der Waals surface area contributed by atoms with E-state index >= 15 is 0 Å².